The highest BCUT2D eigenvalue weighted by atomic mass is 15.2. The van der Waals surface area contributed by atoms with Crippen LogP contribution in [0.25, 0.3) is 0 Å². The minimum Gasteiger partial charge on any atom is -0.326 e. The van der Waals surface area contributed by atoms with Crippen LogP contribution in [0.4, 0.5) is 0 Å². The number of likely N-dealkylation sites (tertiary alicyclic amines) is 1. The molecule has 0 aromatic rings. The van der Waals surface area contributed by atoms with Crippen LogP contribution in [0.1, 0.15) is 58.3 Å². The molecule has 3 N–H and O–H groups in total. The van der Waals surface area contributed by atoms with Crippen LogP contribution in [0, 0.1) is 11.8 Å². The lowest BCUT2D eigenvalue weighted by atomic mass is 9.76. The molecule has 2 heterocycles. The van der Waals surface area contributed by atoms with Crippen molar-refractivity contribution in [1.82, 2.24) is 10.2 Å². The summed E-state index contributed by atoms with van der Waals surface area (Å²) >= 11 is 0. The predicted octanol–water partition coefficient (Wildman–Crippen LogP) is 2.36. The molecule has 0 amide bonds. The lowest BCUT2D eigenvalue weighted by Gasteiger charge is -2.47. The zero-order valence-electron chi connectivity index (χ0n) is 13.2. The molecule has 4 unspecified atom stereocenters. The van der Waals surface area contributed by atoms with Gasteiger partial charge >= 0.3 is 0 Å². The summed E-state index contributed by atoms with van der Waals surface area (Å²) in [6.45, 7) is 6.04. The monoisotopic (exact) mass is 279 g/mol. The van der Waals surface area contributed by atoms with Crippen molar-refractivity contribution in [2.45, 2.75) is 76.4 Å². The van der Waals surface area contributed by atoms with Gasteiger partial charge in [-0.05, 0) is 57.0 Å². The second-order valence-electron chi connectivity index (χ2n) is 7.50. The van der Waals surface area contributed by atoms with E-state index < -0.39 is 0 Å². The average Bonchev–Trinajstić information content (AvgIpc) is 2.49. The number of nitrogens with two attached hydrogens (primary N) is 1. The fourth-order valence-corrected chi connectivity index (χ4v) is 4.90. The molecule has 20 heavy (non-hydrogen) atoms. The van der Waals surface area contributed by atoms with Crippen molar-refractivity contribution in [2.24, 2.45) is 17.6 Å². The Hall–Kier alpha value is -0.120. The highest BCUT2D eigenvalue weighted by Crippen LogP contribution is 2.31. The molecular formula is C17H33N3. The number of rotatable bonds is 2. The molecule has 0 aromatic heterocycles. The Morgan fingerprint density at radius 2 is 1.80 bits per heavy atom. The summed E-state index contributed by atoms with van der Waals surface area (Å²) in [7, 11) is 0. The van der Waals surface area contributed by atoms with Crippen molar-refractivity contribution in [3.63, 3.8) is 0 Å². The third kappa shape index (κ3) is 3.20. The normalized spacial score (nSPS) is 41.7. The Balaban J connectivity index is 1.56. The highest BCUT2D eigenvalue weighted by Gasteiger charge is 2.37. The Bertz CT molecular complexity index is 301. The third-order valence-electron chi connectivity index (χ3n) is 6.13. The fourth-order valence-electron chi connectivity index (χ4n) is 4.90. The van der Waals surface area contributed by atoms with Crippen molar-refractivity contribution in [1.29, 1.82) is 0 Å². The van der Waals surface area contributed by atoms with Crippen molar-refractivity contribution in [3.05, 3.63) is 0 Å². The number of piperidine rings is 2. The largest absolute Gasteiger partial charge is 0.326 e. The molecular weight excluding hydrogens is 246 g/mol. The minimum absolute atomic E-state index is 0.378. The van der Waals surface area contributed by atoms with E-state index in [2.05, 4.69) is 17.1 Å². The number of nitrogens with zero attached hydrogens (tertiary/aromatic N) is 1. The lowest BCUT2D eigenvalue weighted by Crippen LogP contribution is -2.59. The summed E-state index contributed by atoms with van der Waals surface area (Å²) in [6, 6.07) is 1.89. The van der Waals surface area contributed by atoms with Gasteiger partial charge in [-0.2, -0.15) is 0 Å². The summed E-state index contributed by atoms with van der Waals surface area (Å²) in [4.78, 5) is 2.72. The maximum atomic E-state index is 6.59. The second kappa shape index (κ2) is 6.76. The van der Waals surface area contributed by atoms with Crippen LogP contribution in [0.2, 0.25) is 0 Å². The van der Waals surface area contributed by atoms with Gasteiger partial charge < -0.3 is 11.1 Å². The smallest absolute Gasteiger partial charge is 0.0212 e. The Kier molecular flexibility index (Phi) is 5.00. The van der Waals surface area contributed by atoms with Gasteiger partial charge in [0, 0.05) is 24.7 Å². The standard InChI is InChI=1S/C17H33N3/c1-13-6-5-10-19-17(13)15-9-11-20(12-16(15)18)14-7-3-2-4-8-14/h13-17,19H,2-12,18H2,1H3. The first kappa shape index (κ1) is 14.8. The molecule has 3 aliphatic rings. The zero-order valence-corrected chi connectivity index (χ0v) is 13.2. The lowest BCUT2D eigenvalue weighted by molar-refractivity contribution is 0.0640. The number of hydrogen-bond donors (Lipinski definition) is 2. The fraction of sp³-hybridized carbons (Fsp3) is 1.00. The van der Waals surface area contributed by atoms with Crippen molar-refractivity contribution < 1.29 is 0 Å². The zero-order chi connectivity index (χ0) is 13.9. The van der Waals surface area contributed by atoms with Gasteiger partial charge in [-0.1, -0.05) is 26.2 Å². The van der Waals surface area contributed by atoms with E-state index in [9.17, 15) is 0 Å². The van der Waals surface area contributed by atoms with Crippen LogP contribution in [-0.2, 0) is 0 Å². The molecule has 3 rings (SSSR count). The van der Waals surface area contributed by atoms with Crippen LogP contribution in [0.5, 0.6) is 0 Å². The van der Waals surface area contributed by atoms with Gasteiger partial charge in [0.2, 0.25) is 0 Å². The van der Waals surface area contributed by atoms with E-state index >= 15 is 0 Å². The van der Waals surface area contributed by atoms with E-state index in [0.717, 1.165) is 18.5 Å². The maximum absolute atomic E-state index is 6.59. The molecule has 116 valence electrons. The van der Waals surface area contributed by atoms with Crippen molar-refractivity contribution >= 4 is 0 Å². The van der Waals surface area contributed by atoms with E-state index in [-0.39, 0.29) is 0 Å². The first-order chi connectivity index (χ1) is 9.75. The summed E-state index contributed by atoms with van der Waals surface area (Å²) in [5.74, 6) is 1.51. The topological polar surface area (TPSA) is 41.3 Å². The van der Waals surface area contributed by atoms with Gasteiger partial charge in [0.15, 0.2) is 0 Å². The van der Waals surface area contributed by atoms with Gasteiger partial charge in [0.05, 0.1) is 0 Å². The van der Waals surface area contributed by atoms with Crippen LogP contribution in [0.3, 0.4) is 0 Å². The van der Waals surface area contributed by atoms with Crippen molar-refractivity contribution in [2.75, 3.05) is 19.6 Å². The maximum Gasteiger partial charge on any atom is 0.0212 e. The van der Waals surface area contributed by atoms with Crippen LogP contribution in [0.15, 0.2) is 0 Å². The molecule has 3 heteroatoms. The molecule has 2 aliphatic heterocycles. The van der Waals surface area contributed by atoms with E-state index in [1.54, 1.807) is 0 Å². The van der Waals surface area contributed by atoms with Gasteiger partial charge in [-0.25, -0.2) is 0 Å². The minimum atomic E-state index is 0.378. The Morgan fingerprint density at radius 3 is 2.50 bits per heavy atom. The quantitative estimate of drug-likeness (QED) is 0.815. The van der Waals surface area contributed by atoms with Crippen LogP contribution >= 0.6 is 0 Å². The number of hydrogen-bond acceptors (Lipinski definition) is 3. The molecule has 0 spiro atoms. The molecule has 2 saturated heterocycles. The molecule has 3 fully saturated rings. The van der Waals surface area contributed by atoms with E-state index in [4.69, 9.17) is 5.73 Å². The second-order valence-corrected chi connectivity index (χ2v) is 7.50. The van der Waals surface area contributed by atoms with Crippen LogP contribution in [-0.4, -0.2) is 42.7 Å². The first-order valence-electron chi connectivity index (χ1n) is 8.98. The number of nitrogens with one attached hydrogen (secondary N) is 1. The summed E-state index contributed by atoms with van der Waals surface area (Å²) in [6.07, 6.45) is 11.2. The molecule has 0 bridgehead atoms. The van der Waals surface area contributed by atoms with E-state index in [1.165, 1.54) is 64.5 Å². The van der Waals surface area contributed by atoms with Crippen molar-refractivity contribution in [3.8, 4) is 0 Å². The Labute approximate surface area is 124 Å². The molecule has 4 atom stereocenters. The predicted molar refractivity (Wildman–Crippen MR) is 84.7 cm³/mol. The van der Waals surface area contributed by atoms with Gasteiger partial charge in [0.25, 0.3) is 0 Å². The Morgan fingerprint density at radius 1 is 1.00 bits per heavy atom. The summed E-state index contributed by atoms with van der Waals surface area (Å²) in [5.41, 5.74) is 6.59. The molecule has 0 aromatic carbocycles. The highest BCUT2D eigenvalue weighted by molar-refractivity contribution is 4.95. The summed E-state index contributed by atoms with van der Waals surface area (Å²) < 4.78 is 0. The molecule has 1 saturated carbocycles. The molecule has 0 radical (unpaired) electrons. The average molecular weight is 279 g/mol. The van der Waals surface area contributed by atoms with E-state index in [0.29, 0.717) is 18.0 Å². The molecule has 3 nitrogen and oxygen atoms in total. The van der Waals surface area contributed by atoms with Gasteiger partial charge in [-0.3, -0.25) is 4.90 Å². The van der Waals surface area contributed by atoms with Gasteiger partial charge in [-0.15, -0.1) is 0 Å². The third-order valence-corrected chi connectivity index (χ3v) is 6.13. The van der Waals surface area contributed by atoms with Crippen LogP contribution < -0.4 is 11.1 Å². The molecule has 1 aliphatic carbocycles. The van der Waals surface area contributed by atoms with E-state index in [1.807, 2.05) is 0 Å². The van der Waals surface area contributed by atoms with Gasteiger partial charge in [0.1, 0.15) is 0 Å². The summed E-state index contributed by atoms with van der Waals surface area (Å²) in [5, 5.41) is 3.76. The SMILES string of the molecule is CC1CCCNC1C1CCN(C2CCCCC2)CC1N. The first-order valence-corrected chi connectivity index (χ1v) is 8.98.